The molecule has 0 radical (unpaired) electrons. The van der Waals surface area contributed by atoms with Crippen molar-refractivity contribution in [3.05, 3.63) is 0 Å². The fourth-order valence-electron chi connectivity index (χ4n) is 1.59. The van der Waals surface area contributed by atoms with Gasteiger partial charge in [0.25, 0.3) is 0 Å². The molecule has 0 aromatic carbocycles. The standard InChI is InChI=1S/C8H17NO3S/c1-7-2-4-8(5-3-7)12-6-13(9,10)11/h7-8H,2-6H2,1H3,(H2,9,10,11). The topological polar surface area (TPSA) is 69.4 Å². The fourth-order valence-corrected chi connectivity index (χ4v) is 1.97. The Kier molecular flexibility index (Phi) is 3.70. The molecule has 13 heavy (non-hydrogen) atoms. The Bertz CT molecular complexity index is 242. The van der Waals surface area contributed by atoms with Gasteiger partial charge < -0.3 is 4.74 Å². The van der Waals surface area contributed by atoms with Gasteiger partial charge >= 0.3 is 0 Å². The maximum Gasteiger partial charge on any atom is 0.233 e. The molecule has 0 heterocycles. The maximum atomic E-state index is 10.6. The minimum Gasteiger partial charge on any atom is -0.361 e. The Balaban J connectivity index is 2.24. The summed E-state index contributed by atoms with van der Waals surface area (Å²) in [5, 5.41) is 4.83. The second-order valence-corrected chi connectivity index (χ2v) is 5.39. The summed E-state index contributed by atoms with van der Waals surface area (Å²) in [6.45, 7) is 2.20. The van der Waals surface area contributed by atoms with E-state index >= 15 is 0 Å². The van der Waals surface area contributed by atoms with Crippen LogP contribution in [0, 0.1) is 5.92 Å². The van der Waals surface area contributed by atoms with Crippen LogP contribution in [-0.4, -0.2) is 20.5 Å². The zero-order chi connectivity index (χ0) is 9.90. The minimum absolute atomic E-state index is 0.0922. The fraction of sp³-hybridized carbons (Fsp3) is 1.00. The number of hydrogen-bond acceptors (Lipinski definition) is 3. The lowest BCUT2D eigenvalue weighted by atomic mass is 9.89. The Hall–Kier alpha value is -0.130. The SMILES string of the molecule is CC1CCC(OCS(N)(=O)=O)CC1. The van der Waals surface area contributed by atoms with Crippen LogP contribution in [0.2, 0.25) is 0 Å². The van der Waals surface area contributed by atoms with E-state index in [4.69, 9.17) is 9.88 Å². The van der Waals surface area contributed by atoms with Gasteiger partial charge in [0.1, 0.15) is 0 Å². The second kappa shape index (κ2) is 4.39. The van der Waals surface area contributed by atoms with E-state index in [0.717, 1.165) is 31.6 Å². The highest BCUT2D eigenvalue weighted by molar-refractivity contribution is 7.88. The molecule has 1 fully saturated rings. The molecule has 0 atom stereocenters. The summed E-state index contributed by atoms with van der Waals surface area (Å²) in [4.78, 5) is 0. The largest absolute Gasteiger partial charge is 0.361 e. The van der Waals surface area contributed by atoms with Crippen LogP contribution in [0.15, 0.2) is 0 Å². The molecular formula is C8H17NO3S. The van der Waals surface area contributed by atoms with Gasteiger partial charge in [-0.25, -0.2) is 13.6 Å². The first-order chi connectivity index (χ1) is 5.97. The third kappa shape index (κ3) is 4.59. The van der Waals surface area contributed by atoms with Crippen molar-refractivity contribution in [3.8, 4) is 0 Å². The van der Waals surface area contributed by atoms with Crippen LogP contribution in [-0.2, 0) is 14.8 Å². The van der Waals surface area contributed by atoms with Crippen LogP contribution in [0.3, 0.4) is 0 Å². The third-order valence-corrected chi connectivity index (χ3v) is 2.90. The first kappa shape index (κ1) is 10.9. The molecule has 5 heteroatoms. The van der Waals surface area contributed by atoms with Crippen molar-refractivity contribution < 1.29 is 13.2 Å². The van der Waals surface area contributed by atoms with Crippen LogP contribution in [0.25, 0.3) is 0 Å². The molecule has 2 N–H and O–H groups in total. The maximum absolute atomic E-state index is 10.6. The quantitative estimate of drug-likeness (QED) is 0.745. The lowest BCUT2D eigenvalue weighted by molar-refractivity contribution is 0.0463. The van der Waals surface area contributed by atoms with E-state index in [1.54, 1.807) is 0 Å². The first-order valence-corrected chi connectivity index (χ1v) is 6.31. The van der Waals surface area contributed by atoms with E-state index in [1.807, 2.05) is 0 Å². The molecular weight excluding hydrogens is 190 g/mol. The zero-order valence-corrected chi connectivity index (χ0v) is 8.72. The highest BCUT2D eigenvalue weighted by Gasteiger charge is 2.19. The molecule has 0 saturated heterocycles. The molecule has 1 aliphatic carbocycles. The number of sulfonamides is 1. The molecule has 0 aromatic rings. The van der Waals surface area contributed by atoms with E-state index in [-0.39, 0.29) is 12.0 Å². The molecule has 78 valence electrons. The van der Waals surface area contributed by atoms with Gasteiger partial charge in [0.05, 0.1) is 6.10 Å². The summed E-state index contributed by atoms with van der Waals surface area (Å²) in [6.07, 6.45) is 4.24. The number of nitrogens with two attached hydrogens (primary N) is 1. The van der Waals surface area contributed by atoms with Gasteiger partial charge in [-0.3, -0.25) is 0 Å². The van der Waals surface area contributed by atoms with Crippen LogP contribution in [0.4, 0.5) is 0 Å². The van der Waals surface area contributed by atoms with Crippen LogP contribution >= 0.6 is 0 Å². The molecule has 0 spiro atoms. The van der Waals surface area contributed by atoms with Crippen LogP contribution in [0.1, 0.15) is 32.6 Å². The van der Waals surface area contributed by atoms with Crippen molar-refractivity contribution >= 4 is 10.0 Å². The van der Waals surface area contributed by atoms with Gasteiger partial charge in [0.15, 0.2) is 5.94 Å². The van der Waals surface area contributed by atoms with Crippen LogP contribution < -0.4 is 5.14 Å². The molecule has 1 rings (SSSR count). The highest BCUT2D eigenvalue weighted by Crippen LogP contribution is 2.25. The Morgan fingerprint density at radius 1 is 1.31 bits per heavy atom. The van der Waals surface area contributed by atoms with E-state index in [9.17, 15) is 8.42 Å². The summed E-state index contributed by atoms with van der Waals surface area (Å²) < 4.78 is 26.4. The summed E-state index contributed by atoms with van der Waals surface area (Å²) in [7, 11) is -3.46. The molecule has 1 saturated carbocycles. The number of hydrogen-bond donors (Lipinski definition) is 1. The van der Waals surface area contributed by atoms with E-state index in [0.29, 0.717) is 0 Å². The van der Waals surface area contributed by atoms with Gasteiger partial charge in [-0.2, -0.15) is 0 Å². The average Bonchev–Trinajstić information content (AvgIpc) is 2.02. The monoisotopic (exact) mass is 207 g/mol. The van der Waals surface area contributed by atoms with Gasteiger partial charge in [0.2, 0.25) is 10.0 Å². The normalized spacial score (nSPS) is 30.3. The van der Waals surface area contributed by atoms with Gasteiger partial charge in [-0.1, -0.05) is 6.92 Å². The zero-order valence-electron chi connectivity index (χ0n) is 7.90. The summed E-state index contributed by atoms with van der Waals surface area (Å²) in [5.41, 5.74) is 0. The van der Waals surface area contributed by atoms with Crippen molar-refractivity contribution in [1.29, 1.82) is 0 Å². The molecule has 0 bridgehead atoms. The smallest absolute Gasteiger partial charge is 0.233 e. The predicted molar refractivity (Wildman–Crippen MR) is 50.5 cm³/mol. The Labute approximate surface area is 79.5 Å². The first-order valence-electron chi connectivity index (χ1n) is 4.59. The average molecular weight is 207 g/mol. The molecule has 0 unspecified atom stereocenters. The Morgan fingerprint density at radius 2 is 1.85 bits per heavy atom. The Morgan fingerprint density at radius 3 is 2.31 bits per heavy atom. The molecule has 1 aliphatic rings. The summed E-state index contributed by atoms with van der Waals surface area (Å²) >= 11 is 0. The number of ether oxygens (including phenoxy) is 1. The van der Waals surface area contributed by atoms with Crippen LogP contribution in [0.5, 0.6) is 0 Å². The predicted octanol–water partition coefficient (Wildman–Crippen LogP) is 0.828. The van der Waals surface area contributed by atoms with Gasteiger partial charge in [-0.05, 0) is 31.6 Å². The number of rotatable bonds is 3. The lowest BCUT2D eigenvalue weighted by Gasteiger charge is -2.25. The molecule has 0 amide bonds. The van der Waals surface area contributed by atoms with Crippen molar-refractivity contribution in [2.24, 2.45) is 11.1 Å². The van der Waals surface area contributed by atoms with E-state index < -0.39 is 10.0 Å². The minimum atomic E-state index is -3.46. The molecule has 0 aliphatic heterocycles. The van der Waals surface area contributed by atoms with E-state index in [1.165, 1.54) is 0 Å². The third-order valence-electron chi connectivity index (χ3n) is 2.43. The van der Waals surface area contributed by atoms with E-state index in [2.05, 4.69) is 6.92 Å². The van der Waals surface area contributed by atoms with Crippen molar-refractivity contribution in [2.75, 3.05) is 5.94 Å². The van der Waals surface area contributed by atoms with Gasteiger partial charge in [-0.15, -0.1) is 0 Å². The van der Waals surface area contributed by atoms with Crippen molar-refractivity contribution in [2.45, 2.75) is 38.7 Å². The lowest BCUT2D eigenvalue weighted by Crippen LogP contribution is -2.26. The molecule has 0 aromatic heterocycles. The molecule has 4 nitrogen and oxygen atoms in total. The number of primary sulfonamides is 1. The van der Waals surface area contributed by atoms with Crippen molar-refractivity contribution in [1.82, 2.24) is 0 Å². The van der Waals surface area contributed by atoms with Crippen molar-refractivity contribution in [3.63, 3.8) is 0 Å². The summed E-state index contributed by atoms with van der Waals surface area (Å²) in [5.74, 6) is 0.404. The van der Waals surface area contributed by atoms with Gasteiger partial charge in [0, 0.05) is 0 Å². The summed E-state index contributed by atoms with van der Waals surface area (Å²) in [6, 6.07) is 0. The second-order valence-electron chi connectivity index (χ2n) is 3.83. The highest BCUT2D eigenvalue weighted by atomic mass is 32.2.